The Hall–Kier alpha value is -1.06. The Bertz CT molecular complexity index is 382. The van der Waals surface area contributed by atoms with Crippen molar-refractivity contribution in [3.05, 3.63) is 0 Å². The number of hydrogen-bond acceptors (Lipinski definition) is 2. The number of piperazine rings is 1. The van der Waals surface area contributed by atoms with Gasteiger partial charge in [0.05, 0.1) is 0 Å². The zero-order chi connectivity index (χ0) is 13.7. The van der Waals surface area contributed by atoms with Crippen LogP contribution in [0.1, 0.15) is 53.9 Å². The molecular weight excluding hydrogens is 228 g/mol. The van der Waals surface area contributed by atoms with Gasteiger partial charge in [-0.2, -0.15) is 0 Å². The van der Waals surface area contributed by atoms with Crippen molar-refractivity contribution in [3.8, 4) is 0 Å². The first-order chi connectivity index (χ1) is 8.21. The molecule has 1 aliphatic carbocycles. The van der Waals surface area contributed by atoms with Crippen LogP contribution in [0.2, 0.25) is 0 Å². The van der Waals surface area contributed by atoms with Crippen LogP contribution in [0.25, 0.3) is 0 Å². The van der Waals surface area contributed by atoms with E-state index in [1.165, 1.54) is 0 Å². The molecule has 0 aromatic heterocycles. The van der Waals surface area contributed by atoms with Gasteiger partial charge >= 0.3 is 0 Å². The van der Waals surface area contributed by atoms with E-state index in [0.717, 1.165) is 12.8 Å². The lowest BCUT2D eigenvalue weighted by atomic mass is 9.85. The van der Waals surface area contributed by atoms with Gasteiger partial charge in [-0.3, -0.25) is 9.59 Å². The first kappa shape index (κ1) is 13.4. The quantitative estimate of drug-likeness (QED) is 0.813. The molecule has 1 aliphatic heterocycles. The first-order valence-electron chi connectivity index (χ1n) is 6.87. The Morgan fingerprint density at radius 1 is 1.33 bits per heavy atom. The molecule has 0 radical (unpaired) electrons. The van der Waals surface area contributed by atoms with E-state index in [0.29, 0.717) is 12.3 Å². The molecule has 1 saturated carbocycles. The second-order valence-corrected chi connectivity index (χ2v) is 6.74. The van der Waals surface area contributed by atoms with E-state index >= 15 is 0 Å². The molecule has 2 atom stereocenters. The monoisotopic (exact) mass is 252 g/mol. The molecule has 0 aromatic rings. The Balaban J connectivity index is 2.38. The molecule has 2 aliphatic rings. The third kappa shape index (κ3) is 1.91. The average Bonchev–Trinajstić information content (AvgIpc) is 3.04. The summed E-state index contributed by atoms with van der Waals surface area (Å²) >= 11 is 0. The summed E-state index contributed by atoms with van der Waals surface area (Å²) in [6, 6.07) is -0.329. The first-order valence-corrected chi connectivity index (χ1v) is 6.87. The van der Waals surface area contributed by atoms with E-state index in [2.05, 4.69) is 5.32 Å². The van der Waals surface area contributed by atoms with Gasteiger partial charge in [-0.05, 0) is 52.9 Å². The lowest BCUT2D eigenvalue weighted by Gasteiger charge is -2.50. The molecule has 18 heavy (non-hydrogen) atoms. The fraction of sp³-hybridized carbons (Fsp3) is 0.857. The molecule has 4 heteroatoms. The van der Waals surface area contributed by atoms with Crippen LogP contribution in [0, 0.1) is 5.92 Å². The molecule has 1 heterocycles. The lowest BCUT2D eigenvalue weighted by molar-refractivity contribution is -0.161. The van der Waals surface area contributed by atoms with Crippen molar-refractivity contribution in [2.75, 3.05) is 0 Å². The molecule has 2 rings (SSSR count). The van der Waals surface area contributed by atoms with Crippen molar-refractivity contribution >= 4 is 11.8 Å². The maximum absolute atomic E-state index is 12.8. The van der Waals surface area contributed by atoms with Gasteiger partial charge in [-0.1, -0.05) is 6.92 Å². The van der Waals surface area contributed by atoms with Crippen molar-refractivity contribution in [3.63, 3.8) is 0 Å². The van der Waals surface area contributed by atoms with E-state index in [1.54, 1.807) is 4.90 Å². The summed E-state index contributed by atoms with van der Waals surface area (Å²) in [6.45, 7) is 9.84. The molecule has 102 valence electrons. The van der Waals surface area contributed by atoms with Crippen LogP contribution in [-0.4, -0.2) is 33.8 Å². The van der Waals surface area contributed by atoms with E-state index in [-0.39, 0.29) is 23.4 Å². The topological polar surface area (TPSA) is 49.4 Å². The summed E-state index contributed by atoms with van der Waals surface area (Å²) in [6.07, 6.45) is 2.74. The summed E-state index contributed by atoms with van der Waals surface area (Å²) in [5.41, 5.74) is -0.998. The Kier molecular flexibility index (Phi) is 2.95. The number of carbonyl (C=O) groups is 2. The maximum atomic E-state index is 12.8. The number of amides is 2. The van der Waals surface area contributed by atoms with E-state index < -0.39 is 5.54 Å². The fourth-order valence-corrected chi connectivity index (χ4v) is 2.98. The van der Waals surface area contributed by atoms with E-state index in [9.17, 15) is 9.59 Å². The highest BCUT2D eigenvalue weighted by Gasteiger charge is 2.56. The SMILES string of the molecule is CCC1C(=O)NC(C)(C2CC2)C(=O)N1C(C)(C)C. The van der Waals surface area contributed by atoms with E-state index in [1.807, 2.05) is 34.6 Å². The molecule has 2 fully saturated rings. The highest BCUT2D eigenvalue weighted by atomic mass is 16.2. The van der Waals surface area contributed by atoms with Gasteiger partial charge in [0.25, 0.3) is 0 Å². The van der Waals surface area contributed by atoms with Crippen molar-refractivity contribution in [1.82, 2.24) is 10.2 Å². The molecule has 1 N–H and O–H groups in total. The van der Waals surface area contributed by atoms with Crippen molar-refractivity contribution in [1.29, 1.82) is 0 Å². The number of rotatable bonds is 2. The third-order valence-corrected chi connectivity index (χ3v) is 4.16. The van der Waals surface area contributed by atoms with Crippen LogP contribution in [0.15, 0.2) is 0 Å². The zero-order valence-electron chi connectivity index (χ0n) is 12.0. The van der Waals surface area contributed by atoms with Gasteiger partial charge in [0.1, 0.15) is 11.6 Å². The molecule has 2 amide bonds. The van der Waals surface area contributed by atoms with Gasteiger partial charge < -0.3 is 10.2 Å². The molecule has 0 aromatic carbocycles. The van der Waals surface area contributed by atoms with Crippen molar-refractivity contribution in [2.24, 2.45) is 5.92 Å². The number of nitrogens with one attached hydrogen (secondary N) is 1. The highest BCUT2D eigenvalue weighted by molar-refractivity contribution is 6.00. The summed E-state index contributed by atoms with van der Waals surface area (Å²) in [4.78, 5) is 26.9. The normalized spacial score (nSPS) is 33.6. The summed E-state index contributed by atoms with van der Waals surface area (Å²) < 4.78 is 0. The second kappa shape index (κ2) is 3.97. The van der Waals surface area contributed by atoms with Gasteiger partial charge in [0.15, 0.2) is 0 Å². The minimum atomic E-state index is -0.684. The maximum Gasteiger partial charge on any atom is 0.249 e. The molecule has 2 unspecified atom stereocenters. The van der Waals surface area contributed by atoms with Crippen molar-refractivity contribution in [2.45, 2.75) is 71.0 Å². The predicted octanol–water partition coefficient (Wildman–Crippen LogP) is 1.69. The van der Waals surface area contributed by atoms with Gasteiger partial charge in [0.2, 0.25) is 11.8 Å². The highest BCUT2D eigenvalue weighted by Crippen LogP contribution is 2.43. The summed E-state index contributed by atoms with van der Waals surface area (Å²) in [5, 5.41) is 2.98. The lowest BCUT2D eigenvalue weighted by Crippen LogP contribution is -2.73. The van der Waals surface area contributed by atoms with Crippen LogP contribution < -0.4 is 5.32 Å². The van der Waals surface area contributed by atoms with Crippen LogP contribution >= 0.6 is 0 Å². The average molecular weight is 252 g/mol. The predicted molar refractivity (Wildman–Crippen MR) is 69.9 cm³/mol. The van der Waals surface area contributed by atoms with Gasteiger partial charge in [-0.15, -0.1) is 0 Å². The number of carbonyl (C=O) groups excluding carboxylic acids is 2. The van der Waals surface area contributed by atoms with Crippen LogP contribution in [-0.2, 0) is 9.59 Å². The number of nitrogens with zero attached hydrogens (tertiary/aromatic N) is 1. The van der Waals surface area contributed by atoms with Crippen molar-refractivity contribution < 1.29 is 9.59 Å². The fourth-order valence-electron chi connectivity index (χ4n) is 2.98. The summed E-state index contributed by atoms with van der Waals surface area (Å²) in [5.74, 6) is 0.405. The Morgan fingerprint density at radius 2 is 1.89 bits per heavy atom. The minimum Gasteiger partial charge on any atom is -0.340 e. The van der Waals surface area contributed by atoms with E-state index in [4.69, 9.17) is 0 Å². The van der Waals surface area contributed by atoms with Gasteiger partial charge in [0, 0.05) is 5.54 Å². The standard InChI is InChI=1S/C14H24N2O2/c1-6-10-11(17)15-14(5,9-7-8-9)12(18)16(10)13(2,3)4/h9-10H,6-8H2,1-5H3,(H,15,17). The second-order valence-electron chi connectivity index (χ2n) is 6.74. The van der Waals surface area contributed by atoms with Crippen LogP contribution in [0.5, 0.6) is 0 Å². The molecule has 4 nitrogen and oxygen atoms in total. The molecule has 1 saturated heterocycles. The Labute approximate surface area is 109 Å². The molecule has 0 bridgehead atoms. The zero-order valence-corrected chi connectivity index (χ0v) is 12.0. The Morgan fingerprint density at radius 3 is 2.28 bits per heavy atom. The third-order valence-electron chi connectivity index (χ3n) is 4.16. The molecule has 0 spiro atoms. The smallest absolute Gasteiger partial charge is 0.249 e. The summed E-state index contributed by atoms with van der Waals surface area (Å²) in [7, 11) is 0. The largest absolute Gasteiger partial charge is 0.340 e. The van der Waals surface area contributed by atoms with Crippen LogP contribution in [0.3, 0.4) is 0 Å². The minimum absolute atomic E-state index is 0.00132. The van der Waals surface area contributed by atoms with Gasteiger partial charge in [-0.25, -0.2) is 0 Å². The number of hydrogen-bond donors (Lipinski definition) is 1. The molecular formula is C14H24N2O2. The van der Waals surface area contributed by atoms with Crippen LogP contribution in [0.4, 0.5) is 0 Å².